The number of rotatable bonds is 5. The Kier molecular flexibility index (Phi) is 5.17. The number of benzene rings is 3. The molecule has 0 spiro atoms. The first kappa shape index (κ1) is 18.9. The zero-order valence-electron chi connectivity index (χ0n) is 16.4. The minimum absolute atomic E-state index is 0.125. The Balaban J connectivity index is 1.79. The zero-order chi connectivity index (χ0) is 20.4. The molecule has 3 aromatic carbocycles. The number of aryl methyl sites for hydroxylation is 2. The Hall–Kier alpha value is -3.40. The Labute approximate surface area is 168 Å². The van der Waals surface area contributed by atoms with Crippen LogP contribution in [0.4, 0.5) is 4.39 Å². The SMILES string of the molecule is CCc1cc2c(=O)c(-c3ccc(F)cc3)c(C)oc2cc1OCc1ccccc1. The summed E-state index contributed by atoms with van der Waals surface area (Å²) in [5.41, 5.74) is 3.46. The van der Waals surface area contributed by atoms with Crippen LogP contribution in [0.25, 0.3) is 22.1 Å². The molecule has 0 N–H and O–H groups in total. The van der Waals surface area contributed by atoms with Crippen molar-refractivity contribution in [1.29, 1.82) is 0 Å². The lowest BCUT2D eigenvalue weighted by atomic mass is 10.0. The van der Waals surface area contributed by atoms with E-state index < -0.39 is 0 Å². The standard InChI is InChI=1S/C25H21FO3/c1-3-18-13-21-23(14-22(18)28-15-17-7-5-4-6-8-17)29-16(2)24(25(21)27)19-9-11-20(26)12-10-19/h4-14H,3,15H2,1-2H3. The molecule has 0 fully saturated rings. The van der Waals surface area contributed by atoms with Gasteiger partial charge < -0.3 is 9.15 Å². The molecule has 0 aliphatic rings. The van der Waals surface area contributed by atoms with Crippen molar-refractivity contribution in [2.75, 3.05) is 0 Å². The second-order valence-corrected chi connectivity index (χ2v) is 6.95. The van der Waals surface area contributed by atoms with Gasteiger partial charge >= 0.3 is 0 Å². The smallest absolute Gasteiger partial charge is 0.200 e. The van der Waals surface area contributed by atoms with Crippen molar-refractivity contribution >= 4 is 11.0 Å². The lowest BCUT2D eigenvalue weighted by Crippen LogP contribution is -2.09. The first-order valence-corrected chi connectivity index (χ1v) is 9.60. The average molecular weight is 388 g/mol. The van der Waals surface area contributed by atoms with Crippen LogP contribution < -0.4 is 10.2 Å². The molecule has 3 nitrogen and oxygen atoms in total. The molecule has 146 valence electrons. The van der Waals surface area contributed by atoms with E-state index in [1.807, 2.05) is 43.3 Å². The fourth-order valence-corrected chi connectivity index (χ4v) is 3.48. The first-order chi connectivity index (χ1) is 14.1. The summed E-state index contributed by atoms with van der Waals surface area (Å²) in [5.74, 6) is 0.860. The number of hydrogen-bond donors (Lipinski definition) is 0. The third-order valence-corrected chi connectivity index (χ3v) is 5.00. The van der Waals surface area contributed by atoms with Gasteiger partial charge in [0.1, 0.15) is 29.5 Å². The summed E-state index contributed by atoms with van der Waals surface area (Å²) in [4.78, 5) is 13.2. The first-order valence-electron chi connectivity index (χ1n) is 9.60. The van der Waals surface area contributed by atoms with Crippen LogP contribution in [0.15, 0.2) is 75.9 Å². The van der Waals surface area contributed by atoms with Crippen LogP contribution >= 0.6 is 0 Å². The molecule has 0 saturated carbocycles. The van der Waals surface area contributed by atoms with Gasteiger partial charge in [-0.15, -0.1) is 0 Å². The molecule has 4 aromatic rings. The Morgan fingerprint density at radius 2 is 1.72 bits per heavy atom. The van der Waals surface area contributed by atoms with Crippen molar-refractivity contribution in [2.45, 2.75) is 26.9 Å². The number of hydrogen-bond acceptors (Lipinski definition) is 3. The van der Waals surface area contributed by atoms with Crippen LogP contribution in [0.1, 0.15) is 23.8 Å². The molecule has 0 radical (unpaired) electrons. The number of halogens is 1. The minimum Gasteiger partial charge on any atom is -0.488 e. The molecular formula is C25H21FO3. The molecule has 0 unspecified atom stereocenters. The van der Waals surface area contributed by atoms with Crippen LogP contribution in [0.2, 0.25) is 0 Å². The molecule has 0 bridgehead atoms. The van der Waals surface area contributed by atoms with E-state index in [1.165, 1.54) is 12.1 Å². The van der Waals surface area contributed by atoms with Crippen LogP contribution in [0, 0.1) is 12.7 Å². The maximum atomic E-state index is 13.3. The van der Waals surface area contributed by atoms with Gasteiger partial charge in [0.25, 0.3) is 0 Å². The summed E-state index contributed by atoms with van der Waals surface area (Å²) in [6.45, 7) is 4.21. The van der Waals surface area contributed by atoms with Gasteiger partial charge in [0.2, 0.25) is 5.43 Å². The van der Waals surface area contributed by atoms with E-state index in [1.54, 1.807) is 25.1 Å². The van der Waals surface area contributed by atoms with Crippen LogP contribution in [-0.2, 0) is 13.0 Å². The van der Waals surface area contributed by atoms with Crippen molar-refractivity contribution in [3.63, 3.8) is 0 Å². The van der Waals surface area contributed by atoms with Gasteiger partial charge in [0.15, 0.2) is 0 Å². The van der Waals surface area contributed by atoms with E-state index in [9.17, 15) is 9.18 Å². The zero-order valence-corrected chi connectivity index (χ0v) is 16.4. The number of fused-ring (bicyclic) bond motifs is 1. The van der Waals surface area contributed by atoms with Gasteiger partial charge in [-0.25, -0.2) is 4.39 Å². The molecule has 0 aliphatic heterocycles. The molecule has 0 atom stereocenters. The predicted molar refractivity (Wildman–Crippen MR) is 113 cm³/mol. The summed E-state index contributed by atoms with van der Waals surface area (Å²) >= 11 is 0. The molecule has 0 saturated heterocycles. The molecule has 1 heterocycles. The lowest BCUT2D eigenvalue weighted by molar-refractivity contribution is 0.303. The van der Waals surface area contributed by atoms with Crippen molar-refractivity contribution < 1.29 is 13.5 Å². The van der Waals surface area contributed by atoms with Crippen molar-refractivity contribution in [3.8, 4) is 16.9 Å². The largest absolute Gasteiger partial charge is 0.488 e. The van der Waals surface area contributed by atoms with Gasteiger partial charge in [-0.3, -0.25) is 4.79 Å². The van der Waals surface area contributed by atoms with Gasteiger partial charge in [-0.2, -0.15) is 0 Å². The Morgan fingerprint density at radius 3 is 2.41 bits per heavy atom. The Morgan fingerprint density at radius 1 is 1.00 bits per heavy atom. The van der Waals surface area contributed by atoms with E-state index in [4.69, 9.17) is 9.15 Å². The average Bonchev–Trinajstić information content (AvgIpc) is 2.74. The van der Waals surface area contributed by atoms with Gasteiger partial charge in [-0.1, -0.05) is 49.4 Å². The number of ether oxygens (including phenoxy) is 1. The minimum atomic E-state index is -0.343. The monoisotopic (exact) mass is 388 g/mol. The highest BCUT2D eigenvalue weighted by Crippen LogP contribution is 2.30. The van der Waals surface area contributed by atoms with Crippen molar-refractivity contribution in [2.24, 2.45) is 0 Å². The normalized spacial score (nSPS) is 11.0. The third-order valence-electron chi connectivity index (χ3n) is 5.00. The van der Waals surface area contributed by atoms with E-state index in [0.29, 0.717) is 40.2 Å². The highest BCUT2D eigenvalue weighted by atomic mass is 19.1. The van der Waals surface area contributed by atoms with E-state index in [0.717, 1.165) is 17.5 Å². The fraction of sp³-hybridized carbons (Fsp3) is 0.160. The third kappa shape index (κ3) is 3.79. The van der Waals surface area contributed by atoms with Crippen LogP contribution in [0.3, 0.4) is 0 Å². The maximum Gasteiger partial charge on any atom is 0.200 e. The lowest BCUT2D eigenvalue weighted by Gasteiger charge is -2.13. The van der Waals surface area contributed by atoms with Gasteiger partial charge in [-0.05, 0) is 48.2 Å². The molecule has 29 heavy (non-hydrogen) atoms. The van der Waals surface area contributed by atoms with Gasteiger partial charge in [0.05, 0.1) is 10.9 Å². The quantitative estimate of drug-likeness (QED) is 0.418. The van der Waals surface area contributed by atoms with E-state index in [-0.39, 0.29) is 11.2 Å². The molecular weight excluding hydrogens is 367 g/mol. The highest BCUT2D eigenvalue weighted by Gasteiger charge is 2.16. The second kappa shape index (κ2) is 7.92. The van der Waals surface area contributed by atoms with Gasteiger partial charge in [0, 0.05) is 6.07 Å². The maximum absolute atomic E-state index is 13.3. The van der Waals surface area contributed by atoms with E-state index >= 15 is 0 Å². The Bertz CT molecular complexity index is 1210. The molecule has 0 amide bonds. The molecule has 4 rings (SSSR count). The van der Waals surface area contributed by atoms with Crippen LogP contribution in [0.5, 0.6) is 5.75 Å². The second-order valence-electron chi connectivity index (χ2n) is 6.95. The van der Waals surface area contributed by atoms with Crippen molar-refractivity contribution in [1.82, 2.24) is 0 Å². The molecule has 0 aliphatic carbocycles. The topological polar surface area (TPSA) is 39.4 Å². The summed E-state index contributed by atoms with van der Waals surface area (Å²) in [6.07, 6.45) is 0.721. The predicted octanol–water partition coefficient (Wildman–Crippen LogP) is 6.05. The summed E-state index contributed by atoms with van der Waals surface area (Å²) < 4.78 is 25.3. The van der Waals surface area contributed by atoms with Crippen molar-refractivity contribution in [3.05, 3.63) is 99.7 Å². The highest BCUT2D eigenvalue weighted by molar-refractivity contribution is 5.84. The molecule has 4 heteroatoms. The summed E-state index contributed by atoms with van der Waals surface area (Å²) in [7, 11) is 0. The van der Waals surface area contributed by atoms with E-state index in [2.05, 4.69) is 0 Å². The van der Waals surface area contributed by atoms with Crippen LogP contribution in [-0.4, -0.2) is 0 Å². The summed E-state index contributed by atoms with van der Waals surface area (Å²) in [5, 5.41) is 0.499. The summed E-state index contributed by atoms with van der Waals surface area (Å²) in [6, 6.07) is 19.4. The molecule has 1 aromatic heterocycles. The fourth-order valence-electron chi connectivity index (χ4n) is 3.48.